The first-order valence-electron chi connectivity index (χ1n) is 13.1. The van der Waals surface area contributed by atoms with Crippen molar-refractivity contribution in [2.24, 2.45) is 0 Å². The molecule has 1 amide bonds. The Bertz CT molecular complexity index is 1590. The summed E-state index contributed by atoms with van der Waals surface area (Å²) < 4.78 is 42.4. The van der Waals surface area contributed by atoms with E-state index in [9.17, 15) is 27.9 Å². The molecule has 1 aliphatic heterocycles. The maximum absolute atomic E-state index is 13.1. The van der Waals surface area contributed by atoms with E-state index in [1.54, 1.807) is 12.1 Å². The van der Waals surface area contributed by atoms with Gasteiger partial charge in [-0.15, -0.1) is 10.2 Å². The number of halogens is 4. The van der Waals surface area contributed by atoms with Gasteiger partial charge in [-0.25, -0.2) is 24.1 Å². The van der Waals surface area contributed by atoms with Crippen LogP contribution in [0.5, 0.6) is 0 Å². The maximum atomic E-state index is 13.1. The summed E-state index contributed by atoms with van der Waals surface area (Å²) in [5, 5.41) is 21.5. The SMILES string of the molecule is O=C(CN1CCCCC1)Nc1ncccc1-n1cnc(Cn2nc(-c3ccc(Cl)cc3)n(C[C@H](O)C(F)(F)F)c2=O)n1. The number of carbonyl (C=O) groups is 1. The Hall–Kier alpha value is -4.08. The average molecular weight is 606 g/mol. The van der Waals surface area contributed by atoms with E-state index < -0.39 is 24.5 Å². The number of nitrogens with one attached hydrogen (secondary N) is 1. The molecular formula is C26H27ClF3N9O3. The molecule has 42 heavy (non-hydrogen) atoms. The van der Waals surface area contributed by atoms with E-state index in [0.717, 1.165) is 41.6 Å². The molecule has 222 valence electrons. The minimum absolute atomic E-state index is 0.0923. The first-order chi connectivity index (χ1) is 20.1. The van der Waals surface area contributed by atoms with E-state index in [0.29, 0.717) is 16.3 Å². The topological polar surface area (TPSA) is 136 Å². The number of benzene rings is 1. The number of rotatable bonds is 9. The number of aliphatic hydroxyl groups excluding tert-OH is 1. The van der Waals surface area contributed by atoms with Gasteiger partial charge in [0.15, 0.2) is 23.6 Å². The number of anilines is 1. The van der Waals surface area contributed by atoms with Crippen LogP contribution in [0.15, 0.2) is 53.7 Å². The van der Waals surface area contributed by atoms with Crippen molar-refractivity contribution in [2.45, 2.75) is 44.6 Å². The Kier molecular flexibility index (Phi) is 8.70. The second kappa shape index (κ2) is 12.4. The van der Waals surface area contributed by atoms with Crippen LogP contribution >= 0.6 is 11.6 Å². The normalized spacial score (nSPS) is 15.1. The zero-order valence-corrected chi connectivity index (χ0v) is 23.0. The number of nitrogens with zero attached hydrogens (tertiary/aromatic N) is 8. The molecule has 4 heterocycles. The third-order valence-electron chi connectivity index (χ3n) is 6.70. The van der Waals surface area contributed by atoms with Crippen LogP contribution in [0.4, 0.5) is 19.0 Å². The van der Waals surface area contributed by atoms with Crippen molar-refractivity contribution in [3.8, 4) is 17.1 Å². The van der Waals surface area contributed by atoms with Gasteiger partial charge in [0.05, 0.1) is 13.1 Å². The van der Waals surface area contributed by atoms with Crippen molar-refractivity contribution >= 4 is 23.3 Å². The van der Waals surface area contributed by atoms with Gasteiger partial charge in [0.2, 0.25) is 5.91 Å². The lowest BCUT2D eigenvalue weighted by Crippen LogP contribution is -2.37. The third kappa shape index (κ3) is 6.86. The highest BCUT2D eigenvalue weighted by atomic mass is 35.5. The minimum atomic E-state index is -4.94. The van der Waals surface area contributed by atoms with Crippen LogP contribution in [-0.4, -0.2) is 81.9 Å². The van der Waals surface area contributed by atoms with Crippen LogP contribution in [0.2, 0.25) is 5.02 Å². The Balaban J connectivity index is 1.38. The standard InChI is InChI=1S/C26H27ClF3N9O3/c27-18-8-6-17(7-9-18)24-35-38(25(42)37(24)13-20(40)26(28,29)30)14-21-32-16-39(34-21)19-5-4-10-31-23(19)33-22(41)15-36-11-2-1-3-12-36/h4-10,16,20,40H,1-3,11-15H2,(H,31,33,41)/t20-/m0/s1. The van der Waals surface area contributed by atoms with Crippen LogP contribution in [0.3, 0.4) is 0 Å². The number of aliphatic hydroxyl groups is 1. The molecule has 1 saturated heterocycles. The van der Waals surface area contributed by atoms with E-state index in [1.807, 2.05) is 0 Å². The van der Waals surface area contributed by atoms with E-state index in [4.69, 9.17) is 11.6 Å². The molecule has 0 unspecified atom stereocenters. The van der Waals surface area contributed by atoms with E-state index in [1.165, 1.54) is 41.5 Å². The van der Waals surface area contributed by atoms with Crippen molar-refractivity contribution < 1.29 is 23.1 Å². The molecule has 0 bridgehead atoms. The zero-order chi connectivity index (χ0) is 29.9. The number of likely N-dealkylation sites (tertiary alicyclic amines) is 1. The third-order valence-corrected chi connectivity index (χ3v) is 6.95. The Morgan fingerprint density at radius 3 is 2.52 bits per heavy atom. The van der Waals surface area contributed by atoms with Gasteiger partial charge in [0.25, 0.3) is 0 Å². The number of hydrogen-bond donors (Lipinski definition) is 2. The van der Waals surface area contributed by atoms with Gasteiger partial charge in [-0.2, -0.15) is 13.2 Å². The molecule has 1 fully saturated rings. The summed E-state index contributed by atoms with van der Waals surface area (Å²) in [6.07, 6.45) is -1.58. The number of aromatic nitrogens is 7. The number of pyridine rings is 1. The maximum Gasteiger partial charge on any atom is 0.416 e. The summed E-state index contributed by atoms with van der Waals surface area (Å²) in [7, 11) is 0. The van der Waals surface area contributed by atoms with Crippen LogP contribution in [0.25, 0.3) is 17.1 Å². The molecular weight excluding hydrogens is 579 g/mol. The summed E-state index contributed by atoms with van der Waals surface area (Å²) in [4.78, 5) is 36.4. The predicted molar refractivity (Wildman–Crippen MR) is 146 cm³/mol. The van der Waals surface area contributed by atoms with Crippen molar-refractivity contribution in [1.29, 1.82) is 0 Å². The van der Waals surface area contributed by atoms with Crippen molar-refractivity contribution in [1.82, 2.24) is 39.0 Å². The first kappa shape index (κ1) is 29.4. The summed E-state index contributed by atoms with van der Waals surface area (Å²) in [6.45, 7) is 0.623. The highest BCUT2D eigenvalue weighted by molar-refractivity contribution is 6.30. The Labute approximate surface area is 242 Å². The quantitative estimate of drug-likeness (QED) is 0.297. The van der Waals surface area contributed by atoms with Gasteiger partial charge in [-0.1, -0.05) is 18.0 Å². The predicted octanol–water partition coefficient (Wildman–Crippen LogP) is 2.74. The zero-order valence-electron chi connectivity index (χ0n) is 22.2. The van der Waals surface area contributed by atoms with Crippen LogP contribution in [-0.2, 0) is 17.9 Å². The molecule has 4 aromatic rings. The largest absolute Gasteiger partial charge is 0.416 e. The molecule has 5 rings (SSSR count). The molecule has 0 saturated carbocycles. The second-order valence-electron chi connectivity index (χ2n) is 9.80. The fraction of sp³-hybridized carbons (Fsp3) is 0.385. The monoisotopic (exact) mass is 605 g/mol. The van der Waals surface area contributed by atoms with Gasteiger partial charge in [0.1, 0.15) is 18.6 Å². The van der Waals surface area contributed by atoms with Gasteiger partial charge < -0.3 is 10.4 Å². The number of hydrogen-bond acceptors (Lipinski definition) is 8. The molecule has 12 nitrogen and oxygen atoms in total. The van der Waals surface area contributed by atoms with Crippen LogP contribution in [0.1, 0.15) is 25.1 Å². The molecule has 2 N–H and O–H groups in total. The Morgan fingerprint density at radius 1 is 1.07 bits per heavy atom. The van der Waals surface area contributed by atoms with E-state index >= 15 is 0 Å². The summed E-state index contributed by atoms with van der Waals surface area (Å²) >= 11 is 5.93. The molecule has 1 atom stereocenters. The highest BCUT2D eigenvalue weighted by Crippen LogP contribution is 2.24. The molecule has 0 spiro atoms. The average Bonchev–Trinajstić information content (AvgIpc) is 3.54. The number of alkyl halides is 3. The minimum Gasteiger partial charge on any atom is -0.382 e. The molecule has 1 aromatic carbocycles. The van der Waals surface area contributed by atoms with Crippen molar-refractivity contribution in [3.63, 3.8) is 0 Å². The summed E-state index contributed by atoms with van der Waals surface area (Å²) in [6, 6.07) is 9.35. The smallest absolute Gasteiger partial charge is 0.382 e. The lowest BCUT2D eigenvalue weighted by atomic mass is 10.1. The van der Waals surface area contributed by atoms with Gasteiger partial charge in [-0.05, 0) is 62.3 Å². The van der Waals surface area contributed by atoms with Crippen LogP contribution < -0.4 is 11.0 Å². The van der Waals surface area contributed by atoms with E-state index in [2.05, 4.69) is 30.4 Å². The molecule has 16 heteroatoms. The lowest BCUT2D eigenvalue weighted by molar-refractivity contribution is -0.207. The van der Waals surface area contributed by atoms with Gasteiger partial charge in [-0.3, -0.25) is 14.3 Å². The number of carbonyl (C=O) groups excluding carboxylic acids is 1. The fourth-order valence-electron chi connectivity index (χ4n) is 4.59. The summed E-state index contributed by atoms with van der Waals surface area (Å²) in [5.74, 6) is 0.0780. The molecule has 1 aliphatic rings. The second-order valence-corrected chi connectivity index (χ2v) is 10.2. The van der Waals surface area contributed by atoms with Crippen molar-refractivity contribution in [3.05, 3.63) is 70.3 Å². The highest BCUT2D eigenvalue weighted by Gasteiger charge is 2.39. The van der Waals surface area contributed by atoms with Gasteiger partial charge in [0, 0.05) is 16.8 Å². The first-order valence-corrected chi connectivity index (χ1v) is 13.5. The van der Waals surface area contributed by atoms with E-state index in [-0.39, 0.29) is 36.5 Å². The molecule has 3 aromatic heterocycles. The number of amides is 1. The molecule has 0 aliphatic carbocycles. The van der Waals surface area contributed by atoms with Gasteiger partial charge >= 0.3 is 11.9 Å². The number of piperidine rings is 1. The molecule has 0 radical (unpaired) electrons. The summed E-state index contributed by atoms with van der Waals surface area (Å²) in [5.41, 5.74) is -0.147. The fourth-order valence-corrected chi connectivity index (χ4v) is 4.71. The Morgan fingerprint density at radius 2 is 1.81 bits per heavy atom. The lowest BCUT2D eigenvalue weighted by Gasteiger charge is -2.25. The van der Waals surface area contributed by atoms with Crippen molar-refractivity contribution in [2.75, 3.05) is 25.0 Å². The van der Waals surface area contributed by atoms with Crippen LogP contribution in [0, 0.1) is 0 Å².